The van der Waals surface area contributed by atoms with Gasteiger partial charge in [-0.15, -0.1) is 0 Å². The van der Waals surface area contributed by atoms with Crippen LogP contribution in [0.2, 0.25) is 0 Å². The van der Waals surface area contributed by atoms with Crippen LogP contribution in [0.15, 0.2) is 47.0 Å². The van der Waals surface area contributed by atoms with Crippen LogP contribution in [0.5, 0.6) is 5.75 Å². The molecule has 0 aliphatic rings. The molecule has 144 valence electrons. The lowest BCUT2D eigenvalue weighted by atomic mass is 10.1. The Morgan fingerprint density at radius 1 is 1.21 bits per heavy atom. The second kappa shape index (κ2) is 8.30. The zero-order valence-electron chi connectivity index (χ0n) is 15.2. The molecule has 0 radical (unpaired) electrons. The Morgan fingerprint density at radius 2 is 2.00 bits per heavy atom. The van der Waals surface area contributed by atoms with Gasteiger partial charge in [-0.1, -0.05) is 29.4 Å². The molecule has 0 aliphatic heterocycles. The number of carbonyl (C=O) groups is 1. The summed E-state index contributed by atoms with van der Waals surface area (Å²) in [6.07, 6.45) is 0. The van der Waals surface area contributed by atoms with Crippen molar-refractivity contribution in [2.45, 2.75) is 20.5 Å². The van der Waals surface area contributed by atoms with Crippen molar-refractivity contribution in [1.29, 1.82) is 0 Å². The summed E-state index contributed by atoms with van der Waals surface area (Å²) in [5, 5.41) is 15.1. The topological polar surface area (TPSA) is 118 Å². The molecule has 0 fully saturated rings. The number of benzene rings is 2. The van der Waals surface area contributed by atoms with E-state index in [4.69, 9.17) is 14.0 Å². The molecule has 3 rings (SSSR count). The predicted octanol–water partition coefficient (Wildman–Crippen LogP) is 3.71. The van der Waals surface area contributed by atoms with Gasteiger partial charge in [0, 0.05) is 5.56 Å². The first-order valence-corrected chi connectivity index (χ1v) is 8.47. The van der Waals surface area contributed by atoms with Crippen molar-refractivity contribution in [2.75, 3.05) is 6.61 Å². The molecule has 9 nitrogen and oxygen atoms in total. The van der Waals surface area contributed by atoms with Crippen molar-refractivity contribution in [3.05, 3.63) is 69.6 Å². The first-order chi connectivity index (χ1) is 13.5. The normalized spacial score (nSPS) is 10.5. The lowest BCUT2D eigenvalue weighted by Crippen LogP contribution is -2.09. The zero-order valence-corrected chi connectivity index (χ0v) is 15.2. The third-order valence-electron chi connectivity index (χ3n) is 3.86. The molecule has 28 heavy (non-hydrogen) atoms. The summed E-state index contributed by atoms with van der Waals surface area (Å²) < 4.78 is 15.8. The molecule has 0 saturated heterocycles. The maximum absolute atomic E-state index is 12.3. The van der Waals surface area contributed by atoms with Gasteiger partial charge in [-0.3, -0.25) is 10.1 Å². The molecule has 1 aromatic heterocycles. The standard InChI is InChI=1S/C19H17N3O6/c1-3-26-15-10-5-4-8-13(15)18-20-16(28-21-18)11-27-19(23)14-9-6-7-12(2)17(14)22(24)25/h4-10H,3,11H2,1-2H3. The second-order valence-corrected chi connectivity index (χ2v) is 5.75. The Hall–Kier alpha value is -3.75. The molecule has 0 saturated carbocycles. The highest BCUT2D eigenvalue weighted by Crippen LogP contribution is 2.28. The Bertz CT molecular complexity index is 1010. The zero-order chi connectivity index (χ0) is 20.1. The average molecular weight is 383 g/mol. The van der Waals surface area contributed by atoms with Gasteiger partial charge in [0.2, 0.25) is 5.82 Å². The number of aromatic nitrogens is 2. The maximum atomic E-state index is 12.3. The molecule has 0 bridgehead atoms. The average Bonchev–Trinajstić information content (AvgIpc) is 3.15. The number of rotatable bonds is 7. The van der Waals surface area contributed by atoms with Gasteiger partial charge < -0.3 is 14.0 Å². The molecule has 1 heterocycles. The number of nitro groups is 1. The van der Waals surface area contributed by atoms with Crippen LogP contribution in [-0.2, 0) is 11.3 Å². The molecule has 0 atom stereocenters. The number of aryl methyl sites for hydroxylation is 1. The quantitative estimate of drug-likeness (QED) is 0.344. The van der Waals surface area contributed by atoms with E-state index in [0.717, 1.165) is 0 Å². The van der Waals surface area contributed by atoms with Crippen molar-refractivity contribution in [2.24, 2.45) is 0 Å². The summed E-state index contributed by atoms with van der Waals surface area (Å²) in [5.74, 6) is 0.108. The number of ether oxygens (including phenoxy) is 2. The first-order valence-electron chi connectivity index (χ1n) is 8.47. The predicted molar refractivity (Wildman–Crippen MR) is 97.9 cm³/mol. The number of hydrogen-bond acceptors (Lipinski definition) is 8. The molecule has 0 unspecified atom stereocenters. The Kier molecular flexibility index (Phi) is 5.64. The summed E-state index contributed by atoms with van der Waals surface area (Å²) in [4.78, 5) is 27.1. The third kappa shape index (κ3) is 3.98. The van der Waals surface area contributed by atoms with Crippen LogP contribution in [0.1, 0.15) is 28.7 Å². The molecule has 0 spiro atoms. The fourth-order valence-corrected chi connectivity index (χ4v) is 2.63. The molecule has 0 amide bonds. The number of hydrogen-bond donors (Lipinski definition) is 0. The molecular weight excluding hydrogens is 366 g/mol. The van der Waals surface area contributed by atoms with Crippen LogP contribution < -0.4 is 4.74 Å². The van der Waals surface area contributed by atoms with Crippen LogP contribution in [0.4, 0.5) is 5.69 Å². The van der Waals surface area contributed by atoms with Gasteiger partial charge in [0.05, 0.1) is 17.1 Å². The van der Waals surface area contributed by atoms with Gasteiger partial charge in [0.25, 0.3) is 11.6 Å². The monoisotopic (exact) mass is 383 g/mol. The molecule has 0 aliphatic carbocycles. The van der Waals surface area contributed by atoms with E-state index in [1.807, 2.05) is 19.1 Å². The minimum atomic E-state index is -0.843. The van der Waals surface area contributed by atoms with Gasteiger partial charge >= 0.3 is 5.97 Å². The highest BCUT2D eigenvalue weighted by molar-refractivity contribution is 5.94. The first kappa shape index (κ1) is 19.0. The van der Waals surface area contributed by atoms with E-state index < -0.39 is 10.9 Å². The molecular formula is C19H17N3O6. The molecule has 2 aromatic carbocycles. The van der Waals surface area contributed by atoms with Gasteiger partial charge in [-0.05, 0) is 32.0 Å². The van der Waals surface area contributed by atoms with Crippen molar-refractivity contribution in [1.82, 2.24) is 10.1 Å². The van der Waals surface area contributed by atoms with Crippen molar-refractivity contribution in [3.63, 3.8) is 0 Å². The van der Waals surface area contributed by atoms with E-state index in [1.54, 1.807) is 31.2 Å². The summed E-state index contributed by atoms with van der Waals surface area (Å²) in [5.41, 5.74) is 0.586. The smallest absolute Gasteiger partial charge is 0.345 e. The fourth-order valence-electron chi connectivity index (χ4n) is 2.63. The van der Waals surface area contributed by atoms with E-state index in [1.165, 1.54) is 6.07 Å². The van der Waals surface area contributed by atoms with Crippen LogP contribution in [0, 0.1) is 17.0 Å². The van der Waals surface area contributed by atoms with Gasteiger partial charge in [0.1, 0.15) is 11.3 Å². The van der Waals surface area contributed by atoms with Gasteiger partial charge in [0.15, 0.2) is 6.61 Å². The molecule has 9 heteroatoms. The summed E-state index contributed by atoms with van der Waals surface area (Å²) >= 11 is 0. The SMILES string of the molecule is CCOc1ccccc1-c1noc(COC(=O)c2cccc(C)c2[N+](=O)[O-])n1. The fraction of sp³-hybridized carbons (Fsp3) is 0.211. The maximum Gasteiger partial charge on any atom is 0.345 e. The van der Waals surface area contributed by atoms with E-state index in [0.29, 0.717) is 23.5 Å². The minimum Gasteiger partial charge on any atom is -0.493 e. The lowest BCUT2D eigenvalue weighted by molar-refractivity contribution is -0.385. The number of nitro benzene ring substituents is 1. The van der Waals surface area contributed by atoms with E-state index in [2.05, 4.69) is 10.1 Å². The third-order valence-corrected chi connectivity index (χ3v) is 3.86. The van der Waals surface area contributed by atoms with Crippen LogP contribution in [0.25, 0.3) is 11.4 Å². The van der Waals surface area contributed by atoms with Gasteiger partial charge in [-0.2, -0.15) is 4.98 Å². The Labute approximate surface area is 160 Å². The highest BCUT2D eigenvalue weighted by Gasteiger charge is 2.24. The van der Waals surface area contributed by atoms with E-state index >= 15 is 0 Å². The molecule has 0 N–H and O–H groups in total. The van der Waals surface area contributed by atoms with E-state index in [9.17, 15) is 14.9 Å². The summed E-state index contributed by atoms with van der Waals surface area (Å²) in [6, 6.07) is 11.6. The number of esters is 1. The summed E-state index contributed by atoms with van der Waals surface area (Å²) in [6.45, 7) is 3.58. The Morgan fingerprint density at radius 3 is 2.75 bits per heavy atom. The number of para-hydroxylation sites is 2. The van der Waals surface area contributed by atoms with E-state index in [-0.39, 0.29) is 29.6 Å². The Balaban J connectivity index is 1.75. The van der Waals surface area contributed by atoms with Gasteiger partial charge in [-0.25, -0.2) is 4.79 Å². The number of carbonyl (C=O) groups excluding carboxylic acids is 1. The van der Waals surface area contributed by atoms with Crippen molar-refractivity contribution in [3.8, 4) is 17.1 Å². The largest absolute Gasteiger partial charge is 0.493 e. The second-order valence-electron chi connectivity index (χ2n) is 5.75. The van der Waals surface area contributed by atoms with Crippen molar-refractivity contribution < 1.29 is 23.7 Å². The van der Waals surface area contributed by atoms with Crippen LogP contribution in [-0.4, -0.2) is 27.6 Å². The summed E-state index contributed by atoms with van der Waals surface area (Å²) in [7, 11) is 0. The van der Waals surface area contributed by atoms with Crippen LogP contribution >= 0.6 is 0 Å². The lowest BCUT2D eigenvalue weighted by Gasteiger charge is -2.06. The molecule has 3 aromatic rings. The van der Waals surface area contributed by atoms with Crippen molar-refractivity contribution >= 4 is 11.7 Å². The minimum absolute atomic E-state index is 0.0601. The highest BCUT2D eigenvalue weighted by atomic mass is 16.6. The number of nitrogens with zero attached hydrogens (tertiary/aromatic N) is 3. The van der Waals surface area contributed by atoms with Crippen LogP contribution in [0.3, 0.4) is 0 Å².